The van der Waals surface area contributed by atoms with Gasteiger partial charge in [0.25, 0.3) is 0 Å². The van der Waals surface area contributed by atoms with Crippen molar-refractivity contribution in [3.05, 3.63) is 28.2 Å². The zero-order valence-corrected chi connectivity index (χ0v) is 11.3. The minimum absolute atomic E-state index is 0.0904. The Hall–Kier alpha value is -1.95. The second kappa shape index (κ2) is 5.20. The van der Waals surface area contributed by atoms with Gasteiger partial charge in [-0.15, -0.1) is 0 Å². The van der Waals surface area contributed by atoms with Gasteiger partial charge in [-0.1, -0.05) is 11.6 Å². The molecule has 0 amide bonds. The second-order valence-corrected chi connectivity index (χ2v) is 4.52. The molecule has 0 radical (unpaired) electrons. The van der Waals surface area contributed by atoms with Crippen LogP contribution in [0.15, 0.2) is 22.5 Å². The van der Waals surface area contributed by atoms with Crippen LogP contribution in [0.4, 0.5) is 5.82 Å². The van der Waals surface area contributed by atoms with Crippen LogP contribution in [-0.4, -0.2) is 36.5 Å². The molecule has 2 rings (SSSR count). The van der Waals surface area contributed by atoms with Crippen molar-refractivity contribution in [2.45, 2.75) is 11.1 Å². The number of ether oxygens (including phenoxy) is 1. The highest BCUT2D eigenvalue weighted by molar-refractivity contribution is 6.33. The van der Waals surface area contributed by atoms with E-state index in [0.717, 1.165) is 10.9 Å². The number of aliphatic hydroxyl groups is 2. The maximum absolute atomic E-state index is 11.7. The van der Waals surface area contributed by atoms with Crippen LogP contribution in [0.1, 0.15) is 6.23 Å². The minimum atomic E-state index is -1.87. The van der Waals surface area contributed by atoms with Gasteiger partial charge >= 0.3 is 5.69 Å². The highest BCUT2D eigenvalue weighted by atomic mass is 35.5. The molecule has 0 saturated heterocycles. The molecule has 0 aromatic carbocycles. The fourth-order valence-corrected chi connectivity index (χ4v) is 2.12. The largest absolute Gasteiger partial charge is 0.506 e. The number of rotatable bonds is 2. The van der Waals surface area contributed by atoms with Crippen molar-refractivity contribution < 1.29 is 14.9 Å². The lowest BCUT2D eigenvalue weighted by Gasteiger charge is -2.22. The summed E-state index contributed by atoms with van der Waals surface area (Å²) in [6, 6.07) is 0. The predicted octanol–water partition coefficient (Wildman–Crippen LogP) is -0.312. The number of aromatic nitrogens is 3. The Morgan fingerprint density at radius 1 is 1.65 bits per heavy atom. The van der Waals surface area contributed by atoms with Crippen LogP contribution in [0.3, 0.4) is 0 Å². The molecular weight excluding hydrogens is 311 g/mol. The summed E-state index contributed by atoms with van der Waals surface area (Å²) in [4.78, 5) is 13.3. The van der Waals surface area contributed by atoms with Gasteiger partial charge < -0.3 is 20.7 Å². The Bertz CT molecular complexity index is 692. The Labute approximate surface area is 122 Å². The fraction of sp³-hybridized carbons (Fsp3) is 0.300. The minimum Gasteiger partial charge on any atom is -0.506 e. The molecule has 1 aliphatic heterocycles. The molecule has 10 heteroatoms. The van der Waals surface area contributed by atoms with E-state index in [9.17, 15) is 9.90 Å². The van der Waals surface area contributed by atoms with E-state index in [1.165, 1.54) is 0 Å². The third-order valence-electron chi connectivity index (χ3n) is 2.53. The number of nitrogens with zero attached hydrogens (tertiary/aromatic N) is 3. The van der Waals surface area contributed by atoms with Crippen molar-refractivity contribution in [1.29, 1.82) is 0 Å². The lowest BCUT2D eigenvalue weighted by Crippen LogP contribution is -2.40. The fourth-order valence-electron chi connectivity index (χ4n) is 1.63. The van der Waals surface area contributed by atoms with Gasteiger partial charge in [0.1, 0.15) is 12.4 Å². The van der Waals surface area contributed by atoms with E-state index >= 15 is 0 Å². The third kappa shape index (κ3) is 2.16. The molecule has 0 spiro atoms. The zero-order valence-electron chi connectivity index (χ0n) is 9.75. The third-order valence-corrected chi connectivity index (χ3v) is 3.09. The predicted molar refractivity (Wildman–Crippen MR) is 69.8 cm³/mol. The summed E-state index contributed by atoms with van der Waals surface area (Å²) in [5.41, 5.74) is 4.47. The molecule has 0 saturated carbocycles. The molecule has 0 bridgehead atoms. The van der Waals surface area contributed by atoms with Crippen LogP contribution < -0.4 is 11.4 Å². The summed E-state index contributed by atoms with van der Waals surface area (Å²) < 4.78 is 5.94. The maximum atomic E-state index is 11.7. The summed E-state index contributed by atoms with van der Waals surface area (Å²) >= 11 is 11.5. The van der Waals surface area contributed by atoms with Crippen LogP contribution in [0.2, 0.25) is 0 Å². The smallest absolute Gasteiger partial charge is 0.369 e. The van der Waals surface area contributed by atoms with Gasteiger partial charge in [-0.2, -0.15) is 14.8 Å². The average molecular weight is 319 g/mol. The van der Waals surface area contributed by atoms with E-state index in [-0.39, 0.29) is 11.6 Å². The van der Waals surface area contributed by atoms with Crippen molar-refractivity contribution in [3.63, 3.8) is 0 Å². The van der Waals surface area contributed by atoms with Gasteiger partial charge in [-0.25, -0.2) is 4.79 Å². The van der Waals surface area contributed by atoms with Gasteiger partial charge in [0.2, 0.25) is 11.1 Å². The zero-order chi connectivity index (χ0) is 14.9. The highest BCUT2D eigenvalue weighted by Crippen LogP contribution is 2.43. The number of nitrogen functional groups attached to an aromatic ring is 1. The van der Waals surface area contributed by atoms with Crippen LogP contribution in [0.5, 0.6) is 0 Å². The van der Waals surface area contributed by atoms with E-state index in [1.807, 2.05) is 5.38 Å². The molecule has 106 valence electrons. The molecule has 1 aromatic rings. The Morgan fingerprint density at radius 3 is 2.90 bits per heavy atom. The SMILES string of the molecule is Nc1cnn([C@@H]2OC(CO)=C(O)C2(Cl)C#CCl)c(=O)n1. The van der Waals surface area contributed by atoms with Gasteiger partial charge in [-0.05, 0) is 17.5 Å². The monoisotopic (exact) mass is 318 g/mol. The maximum Gasteiger partial charge on any atom is 0.369 e. The number of hydrogen-bond donors (Lipinski definition) is 3. The molecule has 1 unspecified atom stereocenters. The Balaban J connectivity index is 2.57. The molecule has 2 heterocycles. The standard InChI is InChI=1S/C10H8Cl2N4O4/c11-2-1-10(12)7(18)5(4-17)20-8(10)16-9(19)15-6(13)3-14-16/h3,8,17-18H,4H2,(H2,13,15,19)/t8-,10?/m1/s1. The van der Waals surface area contributed by atoms with Gasteiger partial charge in [0, 0.05) is 5.38 Å². The number of aliphatic hydroxyl groups excluding tert-OH is 2. The topological polar surface area (TPSA) is 123 Å². The number of hydrogen-bond acceptors (Lipinski definition) is 7. The summed E-state index contributed by atoms with van der Waals surface area (Å²) in [5.74, 6) is 1.42. The van der Waals surface area contributed by atoms with Crippen LogP contribution in [0.25, 0.3) is 0 Å². The van der Waals surface area contributed by atoms with Crippen molar-refractivity contribution in [2.75, 3.05) is 12.3 Å². The Morgan fingerprint density at radius 2 is 2.35 bits per heavy atom. The van der Waals surface area contributed by atoms with Crippen LogP contribution >= 0.6 is 23.2 Å². The van der Waals surface area contributed by atoms with Crippen LogP contribution in [-0.2, 0) is 4.74 Å². The summed E-state index contributed by atoms with van der Waals surface area (Å²) in [5, 5.41) is 24.7. The normalized spacial score (nSPS) is 25.1. The molecule has 2 atom stereocenters. The molecule has 1 aromatic heterocycles. The summed E-state index contributed by atoms with van der Waals surface area (Å²) in [7, 11) is 0. The van der Waals surface area contributed by atoms with Crippen molar-refractivity contribution in [3.8, 4) is 11.3 Å². The van der Waals surface area contributed by atoms with Gasteiger partial charge in [0.05, 0.1) is 6.20 Å². The first-order chi connectivity index (χ1) is 9.43. The average Bonchev–Trinajstić information content (AvgIpc) is 2.63. The molecule has 0 aliphatic carbocycles. The number of alkyl halides is 1. The van der Waals surface area contributed by atoms with Gasteiger partial charge in [-0.3, -0.25) is 0 Å². The Kier molecular flexibility index (Phi) is 3.76. The highest BCUT2D eigenvalue weighted by Gasteiger charge is 2.52. The molecule has 4 N–H and O–H groups in total. The molecule has 1 aliphatic rings. The first-order valence-electron chi connectivity index (χ1n) is 5.17. The van der Waals surface area contributed by atoms with Crippen molar-refractivity contribution in [1.82, 2.24) is 14.8 Å². The lowest BCUT2D eigenvalue weighted by atomic mass is 10.1. The van der Waals surface area contributed by atoms with E-state index in [1.54, 1.807) is 0 Å². The molecule has 8 nitrogen and oxygen atoms in total. The van der Waals surface area contributed by atoms with E-state index in [0.29, 0.717) is 0 Å². The van der Waals surface area contributed by atoms with E-state index in [2.05, 4.69) is 16.0 Å². The number of nitrogens with two attached hydrogens (primary N) is 1. The molecule has 0 fully saturated rings. The first-order valence-corrected chi connectivity index (χ1v) is 5.92. The van der Waals surface area contributed by atoms with Crippen LogP contribution in [0, 0.1) is 11.3 Å². The lowest BCUT2D eigenvalue weighted by molar-refractivity contribution is 0.0392. The molecular formula is C10H8Cl2N4O4. The van der Waals surface area contributed by atoms with Gasteiger partial charge in [0.15, 0.2) is 11.5 Å². The summed E-state index contributed by atoms with van der Waals surface area (Å²) in [6.07, 6.45) is -0.248. The molecule has 20 heavy (non-hydrogen) atoms. The quantitative estimate of drug-likeness (QED) is 0.504. The number of halogens is 2. The number of anilines is 1. The van der Waals surface area contributed by atoms with E-state index in [4.69, 9.17) is 38.8 Å². The van der Waals surface area contributed by atoms with E-state index < -0.39 is 29.2 Å². The van der Waals surface area contributed by atoms with Crippen molar-refractivity contribution >= 4 is 29.0 Å². The first kappa shape index (κ1) is 14.5. The summed E-state index contributed by atoms with van der Waals surface area (Å²) in [6.45, 7) is -0.641. The second-order valence-electron chi connectivity index (χ2n) is 3.74. The van der Waals surface area contributed by atoms with Crippen molar-refractivity contribution in [2.24, 2.45) is 0 Å².